The van der Waals surface area contributed by atoms with E-state index in [2.05, 4.69) is 25.2 Å². The Labute approximate surface area is 251 Å². The topological polar surface area (TPSA) is 80.4 Å². The first-order valence-corrected chi connectivity index (χ1v) is 14.8. The molecule has 2 amide bonds. The second kappa shape index (κ2) is 12.1. The van der Waals surface area contributed by atoms with Gasteiger partial charge < -0.3 is 20.1 Å². The average molecular weight is 626 g/mol. The lowest BCUT2D eigenvalue weighted by atomic mass is 9.95. The second-order valence-electron chi connectivity index (χ2n) is 12.5. The number of carbonyl (C=O) groups is 1. The first-order valence-electron chi connectivity index (χ1n) is 14.8. The maximum Gasteiger partial charge on any atom is 0.433 e. The molecular formula is C30H37F6N7O. The maximum absolute atomic E-state index is 13.5. The fourth-order valence-corrected chi connectivity index (χ4v) is 5.61. The number of rotatable bonds is 6. The molecule has 5 rings (SSSR count). The fourth-order valence-electron chi connectivity index (χ4n) is 5.61. The number of anilines is 1. The number of nitrogens with one attached hydrogen (secondary N) is 2. The number of fused-ring (bicyclic) bond motifs is 3. The van der Waals surface area contributed by atoms with Gasteiger partial charge in [0.2, 0.25) is 0 Å². The molecule has 0 spiro atoms. The second-order valence-corrected chi connectivity index (χ2v) is 12.5. The summed E-state index contributed by atoms with van der Waals surface area (Å²) in [4.78, 5) is 30.0. The summed E-state index contributed by atoms with van der Waals surface area (Å²) in [5.41, 5.74) is -0.0604. The smallest absolute Gasteiger partial charge is 0.358 e. The molecule has 0 unspecified atom stereocenters. The quantitative estimate of drug-likeness (QED) is 0.261. The fraction of sp³-hybridized carbons (Fsp3) is 0.567. The first kappa shape index (κ1) is 31.9. The molecule has 1 fully saturated rings. The highest BCUT2D eigenvalue weighted by Gasteiger charge is 2.36. The van der Waals surface area contributed by atoms with Gasteiger partial charge in [-0.1, -0.05) is 20.8 Å². The molecule has 4 heterocycles. The highest BCUT2D eigenvalue weighted by molar-refractivity contribution is 5.86. The number of urea groups is 1. The van der Waals surface area contributed by atoms with Crippen LogP contribution >= 0.6 is 0 Å². The molecule has 2 aromatic heterocycles. The molecule has 8 nitrogen and oxygen atoms in total. The predicted octanol–water partition coefficient (Wildman–Crippen LogP) is 5.96. The lowest BCUT2D eigenvalue weighted by Gasteiger charge is -2.36. The number of piperazine rings is 1. The molecule has 1 saturated heterocycles. The number of halogens is 6. The van der Waals surface area contributed by atoms with E-state index in [0.717, 1.165) is 48.8 Å². The van der Waals surface area contributed by atoms with Gasteiger partial charge in [-0.2, -0.15) is 26.3 Å². The van der Waals surface area contributed by atoms with Crippen molar-refractivity contribution in [1.29, 1.82) is 0 Å². The Balaban J connectivity index is 1.07. The van der Waals surface area contributed by atoms with Gasteiger partial charge in [-0.15, -0.1) is 0 Å². The van der Waals surface area contributed by atoms with Crippen LogP contribution in [0.5, 0.6) is 0 Å². The van der Waals surface area contributed by atoms with Crippen LogP contribution in [-0.4, -0.2) is 76.6 Å². The Hall–Kier alpha value is -3.55. The summed E-state index contributed by atoms with van der Waals surface area (Å²) in [5, 5.41) is 3.41. The number of aromatic nitrogens is 3. The monoisotopic (exact) mass is 625 g/mol. The third-order valence-corrected chi connectivity index (χ3v) is 8.14. The molecule has 0 saturated carbocycles. The number of benzene rings is 1. The van der Waals surface area contributed by atoms with Crippen molar-refractivity contribution in [1.82, 2.24) is 30.1 Å². The van der Waals surface area contributed by atoms with Crippen molar-refractivity contribution >= 4 is 22.8 Å². The summed E-state index contributed by atoms with van der Waals surface area (Å²) >= 11 is 0. The van der Waals surface area contributed by atoms with Gasteiger partial charge in [0.25, 0.3) is 0 Å². The molecule has 0 aliphatic carbocycles. The molecule has 3 aromatic rings. The Morgan fingerprint density at radius 3 is 2.32 bits per heavy atom. The van der Waals surface area contributed by atoms with Crippen molar-refractivity contribution in [2.24, 2.45) is 0 Å². The molecule has 0 atom stereocenters. The number of nitrogens with zero attached hydrogens (tertiary/aromatic N) is 5. The number of unbranched alkanes of at least 4 members (excludes halogenated alkanes) is 1. The molecular weight excluding hydrogens is 588 g/mol. The van der Waals surface area contributed by atoms with Crippen LogP contribution < -0.4 is 10.2 Å². The summed E-state index contributed by atoms with van der Waals surface area (Å²) in [6, 6.07) is 4.41. The number of hydrogen-bond acceptors (Lipinski definition) is 5. The van der Waals surface area contributed by atoms with E-state index < -0.39 is 29.0 Å². The summed E-state index contributed by atoms with van der Waals surface area (Å²) in [5.74, 6) is 0.451. The Kier molecular flexibility index (Phi) is 8.76. The van der Waals surface area contributed by atoms with Crippen LogP contribution in [0.4, 0.5) is 37.0 Å². The predicted molar refractivity (Wildman–Crippen MR) is 154 cm³/mol. The number of H-pyrrole nitrogens is 1. The van der Waals surface area contributed by atoms with Crippen molar-refractivity contribution in [3.8, 4) is 0 Å². The minimum absolute atomic E-state index is 0.161. The lowest BCUT2D eigenvalue weighted by Crippen LogP contribution is -2.47. The number of alkyl halides is 6. The van der Waals surface area contributed by atoms with E-state index in [-0.39, 0.29) is 24.2 Å². The van der Waals surface area contributed by atoms with Gasteiger partial charge in [0.1, 0.15) is 17.3 Å². The van der Waals surface area contributed by atoms with E-state index in [1.165, 1.54) is 6.07 Å². The van der Waals surface area contributed by atoms with Gasteiger partial charge in [0, 0.05) is 85.9 Å². The van der Waals surface area contributed by atoms with Gasteiger partial charge in [-0.25, -0.2) is 14.8 Å². The number of amides is 2. The van der Waals surface area contributed by atoms with Crippen LogP contribution in [0.25, 0.3) is 10.9 Å². The van der Waals surface area contributed by atoms with E-state index in [0.29, 0.717) is 56.6 Å². The van der Waals surface area contributed by atoms with Gasteiger partial charge in [0.15, 0.2) is 0 Å². The number of carbonyl (C=O) groups excluding carboxylic acids is 1. The van der Waals surface area contributed by atoms with Crippen LogP contribution in [0.2, 0.25) is 0 Å². The summed E-state index contributed by atoms with van der Waals surface area (Å²) in [6.07, 6.45) is -6.89. The van der Waals surface area contributed by atoms with Crippen molar-refractivity contribution < 1.29 is 31.1 Å². The summed E-state index contributed by atoms with van der Waals surface area (Å²) < 4.78 is 80.2. The van der Waals surface area contributed by atoms with Gasteiger partial charge in [-0.3, -0.25) is 4.90 Å². The highest BCUT2D eigenvalue weighted by Crippen LogP contribution is 2.35. The largest absolute Gasteiger partial charge is 0.433 e. The van der Waals surface area contributed by atoms with E-state index in [1.54, 1.807) is 25.7 Å². The molecule has 0 radical (unpaired) electrons. The molecule has 2 aliphatic rings. The third-order valence-electron chi connectivity index (χ3n) is 8.14. The average Bonchev–Trinajstić information content (AvgIpc) is 3.33. The normalized spacial score (nSPS) is 16.8. The SMILES string of the molecule is CC(C)(C)c1nc(N2CCN(CCCCNC(=O)N3CCc4[nH]c5ccc(C(F)(F)F)cc5c4C3)CC2)cc(C(F)(F)F)n1. The molecule has 2 aliphatic heterocycles. The van der Waals surface area contributed by atoms with Crippen LogP contribution in [0.3, 0.4) is 0 Å². The van der Waals surface area contributed by atoms with Crippen molar-refractivity contribution in [3.63, 3.8) is 0 Å². The van der Waals surface area contributed by atoms with E-state index in [4.69, 9.17) is 0 Å². The maximum atomic E-state index is 13.5. The standard InChI is InChI=1S/C30H37F6N7O/c1-28(2,3)26-39-24(30(34,35)36)17-25(40-26)42-14-12-41(13-15-42)10-5-4-9-37-27(44)43-11-8-23-21(18-43)20-16-19(29(31,32)33)6-7-22(20)38-23/h6-7,16-17,38H,4-5,8-15,18H2,1-3H3,(H,37,44). The van der Waals surface area contributed by atoms with Crippen LogP contribution in [0, 0.1) is 0 Å². The minimum Gasteiger partial charge on any atom is -0.358 e. The molecule has 2 N–H and O–H groups in total. The Morgan fingerprint density at radius 1 is 0.932 bits per heavy atom. The van der Waals surface area contributed by atoms with Crippen molar-refractivity contribution in [3.05, 3.63) is 52.6 Å². The third kappa shape index (κ3) is 7.22. The van der Waals surface area contributed by atoms with Crippen LogP contribution in [0.1, 0.15) is 62.0 Å². The lowest BCUT2D eigenvalue weighted by molar-refractivity contribution is -0.141. The van der Waals surface area contributed by atoms with Crippen LogP contribution in [-0.2, 0) is 30.7 Å². The Bertz CT molecular complexity index is 1450. The number of aromatic amines is 1. The molecule has 1 aromatic carbocycles. The molecule has 14 heteroatoms. The molecule has 240 valence electrons. The minimum atomic E-state index is -4.55. The van der Waals surface area contributed by atoms with Crippen molar-refractivity contribution in [2.75, 3.05) is 50.7 Å². The molecule has 0 bridgehead atoms. The summed E-state index contributed by atoms with van der Waals surface area (Å²) in [7, 11) is 0. The van der Waals surface area contributed by atoms with Crippen molar-refractivity contribution in [2.45, 2.75) is 64.3 Å². The van der Waals surface area contributed by atoms with E-state index in [1.807, 2.05) is 4.90 Å². The zero-order chi connectivity index (χ0) is 31.9. The zero-order valence-corrected chi connectivity index (χ0v) is 25.0. The molecule has 44 heavy (non-hydrogen) atoms. The summed E-state index contributed by atoms with van der Waals surface area (Å²) in [6.45, 7) is 9.77. The van der Waals surface area contributed by atoms with Gasteiger partial charge >= 0.3 is 18.4 Å². The highest BCUT2D eigenvalue weighted by atomic mass is 19.4. The zero-order valence-electron chi connectivity index (χ0n) is 25.0. The first-order chi connectivity index (χ1) is 20.6. The number of hydrogen-bond donors (Lipinski definition) is 2. The van der Waals surface area contributed by atoms with E-state index in [9.17, 15) is 31.1 Å². The van der Waals surface area contributed by atoms with Gasteiger partial charge in [0.05, 0.1) is 5.56 Å². The van der Waals surface area contributed by atoms with E-state index >= 15 is 0 Å². The van der Waals surface area contributed by atoms with Crippen LogP contribution in [0.15, 0.2) is 24.3 Å². The van der Waals surface area contributed by atoms with Gasteiger partial charge in [-0.05, 0) is 37.6 Å². The Morgan fingerprint density at radius 2 is 1.66 bits per heavy atom.